The van der Waals surface area contributed by atoms with Gasteiger partial charge in [0, 0.05) is 26.1 Å². The number of sulfonamides is 1. The van der Waals surface area contributed by atoms with E-state index in [1.165, 1.54) is 17.3 Å². The highest BCUT2D eigenvalue weighted by atomic mass is 32.2. The highest BCUT2D eigenvalue weighted by molar-refractivity contribution is 7.89. The van der Waals surface area contributed by atoms with Crippen LogP contribution in [0.15, 0.2) is 23.1 Å². The maximum absolute atomic E-state index is 13.6. The fourth-order valence-electron chi connectivity index (χ4n) is 2.45. The molecule has 1 saturated heterocycles. The van der Waals surface area contributed by atoms with Crippen LogP contribution in [-0.2, 0) is 14.8 Å². The molecule has 1 aromatic carbocycles. The highest BCUT2D eigenvalue weighted by Gasteiger charge is 2.34. The summed E-state index contributed by atoms with van der Waals surface area (Å²) in [5.74, 6) is -1.15. The fraction of sp³-hybridized carbons (Fsp3) is 0.462. The van der Waals surface area contributed by atoms with Crippen LogP contribution < -0.4 is 11.1 Å². The number of carbonyl (C=O) groups is 1. The van der Waals surface area contributed by atoms with Crippen molar-refractivity contribution in [3.8, 4) is 0 Å². The lowest BCUT2D eigenvalue weighted by atomic mass is 10.2. The topological polar surface area (TPSA) is 92.5 Å². The van der Waals surface area contributed by atoms with Crippen LogP contribution in [0.5, 0.6) is 0 Å². The Balaban J connectivity index is 2.38. The first-order valence-electron chi connectivity index (χ1n) is 6.65. The first-order valence-corrected chi connectivity index (χ1v) is 8.09. The van der Waals surface area contributed by atoms with E-state index in [4.69, 9.17) is 5.73 Å². The van der Waals surface area contributed by atoms with Gasteiger partial charge in [0.25, 0.3) is 0 Å². The van der Waals surface area contributed by atoms with Crippen molar-refractivity contribution in [2.75, 3.05) is 18.4 Å². The van der Waals surface area contributed by atoms with Gasteiger partial charge >= 0.3 is 0 Å². The molecule has 2 rings (SSSR count). The molecule has 6 nitrogen and oxygen atoms in total. The van der Waals surface area contributed by atoms with Gasteiger partial charge in [-0.25, -0.2) is 12.8 Å². The van der Waals surface area contributed by atoms with Crippen LogP contribution in [0.1, 0.15) is 19.8 Å². The molecule has 0 saturated carbocycles. The molecule has 0 radical (unpaired) electrons. The Morgan fingerprint density at radius 1 is 1.52 bits per heavy atom. The van der Waals surface area contributed by atoms with E-state index < -0.39 is 21.7 Å². The van der Waals surface area contributed by atoms with Gasteiger partial charge in [0.05, 0.1) is 10.6 Å². The number of hydrogen-bond donors (Lipinski definition) is 2. The van der Waals surface area contributed by atoms with Gasteiger partial charge in [0.1, 0.15) is 5.82 Å². The molecule has 0 bridgehead atoms. The SMILES string of the molecule is CC(=O)Nc1cc(S(=O)(=O)N2CCCC2CN)ccc1F. The third kappa shape index (κ3) is 3.22. The van der Waals surface area contributed by atoms with Crippen LogP contribution in [0, 0.1) is 5.82 Å². The van der Waals surface area contributed by atoms with Gasteiger partial charge in [-0.05, 0) is 31.0 Å². The van der Waals surface area contributed by atoms with E-state index in [0.717, 1.165) is 25.0 Å². The van der Waals surface area contributed by atoms with Crippen LogP contribution in [0.25, 0.3) is 0 Å². The first kappa shape index (κ1) is 15.9. The van der Waals surface area contributed by atoms with E-state index in [1.54, 1.807) is 0 Å². The molecule has 116 valence electrons. The predicted octanol–water partition coefficient (Wildman–Crippen LogP) is 0.896. The highest BCUT2D eigenvalue weighted by Crippen LogP contribution is 2.28. The third-order valence-electron chi connectivity index (χ3n) is 3.45. The molecular formula is C13H18FN3O3S. The van der Waals surface area contributed by atoms with Gasteiger partial charge in [-0.2, -0.15) is 4.31 Å². The maximum atomic E-state index is 13.6. The van der Waals surface area contributed by atoms with Crippen LogP contribution >= 0.6 is 0 Å². The summed E-state index contributed by atoms with van der Waals surface area (Å²) in [6.07, 6.45) is 1.47. The zero-order chi connectivity index (χ0) is 15.6. The minimum atomic E-state index is -3.74. The molecule has 0 aliphatic carbocycles. The summed E-state index contributed by atoms with van der Waals surface area (Å²) in [6.45, 7) is 1.88. The van der Waals surface area contributed by atoms with Crippen molar-refractivity contribution in [1.29, 1.82) is 0 Å². The van der Waals surface area contributed by atoms with Gasteiger partial charge in [-0.1, -0.05) is 0 Å². The lowest BCUT2D eigenvalue weighted by Gasteiger charge is -2.23. The molecular weight excluding hydrogens is 297 g/mol. The summed E-state index contributed by atoms with van der Waals surface area (Å²) < 4.78 is 40.1. The lowest BCUT2D eigenvalue weighted by molar-refractivity contribution is -0.114. The van der Waals surface area contributed by atoms with E-state index in [2.05, 4.69) is 5.32 Å². The molecule has 0 spiro atoms. The number of rotatable bonds is 4. The van der Waals surface area contributed by atoms with E-state index in [1.807, 2.05) is 0 Å². The lowest BCUT2D eigenvalue weighted by Crippen LogP contribution is -2.39. The number of benzene rings is 1. The Labute approximate surface area is 123 Å². The summed E-state index contributed by atoms with van der Waals surface area (Å²) in [6, 6.07) is 3.13. The van der Waals surface area contributed by atoms with Crippen molar-refractivity contribution < 1.29 is 17.6 Å². The molecule has 21 heavy (non-hydrogen) atoms. The summed E-state index contributed by atoms with van der Waals surface area (Å²) in [7, 11) is -3.74. The largest absolute Gasteiger partial charge is 0.329 e. The first-order chi connectivity index (χ1) is 9.86. The van der Waals surface area contributed by atoms with Gasteiger partial charge in [-0.15, -0.1) is 0 Å². The fourth-order valence-corrected chi connectivity index (χ4v) is 4.18. The van der Waals surface area contributed by atoms with Crippen molar-refractivity contribution in [3.05, 3.63) is 24.0 Å². The predicted molar refractivity (Wildman–Crippen MR) is 76.7 cm³/mol. The molecule has 1 aliphatic rings. The molecule has 3 N–H and O–H groups in total. The number of nitrogens with one attached hydrogen (secondary N) is 1. The molecule has 0 aromatic heterocycles. The standard InChI is InChI=1S/C13H18FN3O3S/c1-9(18)16-13-7-11(4-5-12(13)14)21(19,20)17-6-2-3-10(17)8-15/h4-5,7,10H,2-3,6,8,15H2,1H3,(H,16,18). The number of amides is 1. The van der Waals surface area contributed by atoms with Crippen LogP contribution in [0.3, 0.4) is 0 Å². The summed E-state index contributed by atoms with van der Waals surface area (Å²) in [5, 5.41) is 2.28. The minimum Gasteiger partial charge on any atom is -0.329 e. The number of carbonyl (C=O) groups excluding carboxylic acids is 1. The van der Waals surface area contributed by atoms with E-state index in [-0.39, 0.29) is 23.2 Å². The zero-order valence-electron chi connectivity index (χ0n) is 11.7. The Kier molecular flexibility index (Phi) is 4.60. The normalized spacial score (nSPS) is 19.7. The van der Waals surface area contributed by atoms with Crippen LogP contribution in [0.2, 0.25) is 0 Å². The molecule has 1 atom stereocenters. The van der Waals surface area contributed by atoms with Crippen molar-refractivity contribution in [1.82, 2.24) is 4.31 Å². The van der Waals surface area contributed by atoms with Gasteiger partial charge in [-0.3, -0.25) is 4.79 Å². The van der Waals surface area contributed by atoms with Gasteiger partial charge < -0.3 is 11.1 Å². The average Bonchev–Trinajstić information content (AvgIpc) is 2.89. The molecule has 8 heteroatoms. The van der Waals surface area contributed by atoms with Crippen LogP contribution in [0.4, 0.5) is 10.1 Å². The summed E-state index contributed by atoms with van der Waals surface area (Å²) in [4.78, 5) is 11.0. The van der Waals surface area contributed by atoms with Crippen molar-refractivity contribution >= 4 is 21.6 Å². The molecule has 1 unspecified atom stereocenters. The van der Waals surface area contributed by atoms with E-state index in [0.29, 0.717) is 6.54 Å². The Morgan fingerprint density at radius 2 is 2.24 bits per heavy atom. The van der Waals surface area contributed by atoms with Crippen molar-refractivity contribution in [2.45, 2.75) is 30.7 Å². The monoisotopic (exact) mass is 315 g/mol. The van der Waals surface area contributed by atoms with E-state index in [9.17, 15) is 17.6 Å². The minimum absolute atomic E-state index is 0.0481. The number of halogens is 1. The maximum Gasteiger partial charge on any atom is 0.243 e. The second-order valence-electron chi connectivity index (χ2n) is 4.97. The molecule has 1 aliphatic heterocycles. The Bertz CT molecular complexity index is 648. The molecule has 1 fully saturated rings. The Hall–Kier alpha value is -1.51. The quantitative estimate of drug-likeness (QED) is 0.863. The number of hydrogen-bond acceptors (Lipinski definition) is 4. The average molecular weight is 315 g/mol. The number of anilines is 1. The Morgan fingerprint density at radius 3 is 2.86 bits per heavy atom. The molecule has 1 amide bonds. The summed E-state index contributed by atoms with van der Waals surface area (Å²) >= 11 is 0. The van der Waals surface area contributed by atoms with Gasteiger partial charge in [0.2, 0.25) is 15.9 Å². The van der Waals surface area contributed by atoms with Gasteiger partial charge in [0.15, 0.2) is 0 Å². The smallest absolute Gasteiger partial charge is 0.243 e. The van der Waals surface area contributed by atoms with Crippen molar-refractivity contribution in [3.63, 3.8) is 0 Å². The second kappa shape index (κ2) is 6.08. The van der Waals surface area contributed by atoms with E-state index >= 15 is 0 Å². The number of nitrogens with two attached hydrogens (primary N) is 1. The number of nitrogens with zero attached hydrogens (tertiary/aromatic N) is 1. The van der Waals surface area contributed by atoms with Crippen LogP contribution in [-0.4, -0.2) is 37.8 Å². The summed E-state index contributed by atoms with van der Waals surface area (Å²) in [5.41, 5.74) is 5.45. The zero-order valence-corrected chi connectivity index (χ0v) is 12.5. The van der Waals surface area contributed by atoms with Crippen molar-refractivity contribution in [2.24, 2.45) is 5.73 Å². The molecule has 1 heterocycles. The second-order valence-corrected chi connectivity index (χ2v) is 6.86. The molecule has 1 aromatic rings. The third-order valence-corrected chi connectivity index (χ3v) is 5.40.